The smallest absolute Gasteiger partial charge is 0.278 e. The van der Waals surface area contributed by atoms with Crippen molar-refractivity contribution in [2.45, 2.75) is 13.3 Å². The van der Waals surface area contributed by atoms with Crippen LogP contribution in [0.2, 0.25) is 0 Å². The highest BCUT2D eigenvalue weighted by Crippen LogP contribution is 2.34. The van der Waals surface area contributed by atoms with Crippen LogP contribution in [0.25, 0.3) is 10.9 Å². The Kier molecular flexibility index (Phi) is 2.34. The molecule has 4 heteroatoms. The molecule has 1 aromatic heterocycles. The number of benzene rings is 1. The van der Waals surface area contributed by atoms with Gasteiger partial charge in [-0.05, 0) is 24.6 Å². The molecule has 1 N–H and O–H groups in total. The topological polar surface area (TPSA) is 25.0 Å². The molecule has 2 aromatic rings. The lowest BCUT2D eigenvalue weighted by Gasteiger charge is -2.02. The first-order chi connectivity index (χ1) is 7.15. The van der Waals surface area contributed by atoms with Gasteiger partial charge in [-0.1, -0.05) is 6.07 Å². The van der Waals surface area contributed by atoms with Crippen molar-refractivity contribution in [1.29, 1.82) is 0 Å². The molecule has 0 aliphatic rings. The largest absolute Gasteiger partial charge is 0.496 e. The van der Waals surface area contributed by atoms with Crippen LogP contribution in [0.3, 0.4) is 0 Å². The van der Waals surface area contributed by atoms with Crippen molar-refractivity contribution in [3.8, 4) is 5.75 Å². The number of halogens is 2. The maximum absolute atomic E-state index is 12.6. The molecule has 0 fully saturated rings. The number of nitrogens with one attached hydrogen (secondary N) is 1. The molecule has 0 aliphatic carbocycles. The van der Waals surface area contributed by atoms with Crippen LogP contribution in [-0.2, 0) is 0 Å². The summed E-state index contributed by atoms with van der Waals surface area (Å²) in [7, 11) is 1.53. The van der Waals surface area contributed by atoms with Crippen LogP contribution in [0.15, 0.2) is 18.2 Å². The van der Waals surface area contributed by atoms with E-state index in [1.54, 1.807) is 25.1 Å². The van der Waals surface area contributed by atoms with Crippen LogP contribution < -0.4 is 4.74 Å². The summed E-state index contributed by atoms with van der Waals surface area (Å²) in [6, 6.07) is 5.29. The molecule has 0 saturated carbocycles. The van der Waals surface area contributed by atoms with Crippen LogP contribution in [0.4, 0.5) is 8.78 Å². The van der Waals surface area contributed by atoms with Gasteiger partial charge >= 0.3 is 0 Å². The molecule has 1 heterocycles. The number of H-pyrrole nitrogens is 1. The highest BCUT2D eigenvalue weighted by atomic mass is 19.3. The Labute approximate surface area is 85.9 Å². The van der Waals surface area contributed by atoms with Crippen molar-refractivity contribution in [1.82, 2.24) is 4.98 Å². The molecule has 0 atom stereocenters. The van der Waals surface area contributed by atoms with Crippen molar-refractivity contribution in [3.05, 3.63) is 29.5 Å². The van der Waals surface area contributed by atoms with Gasteiger partial charge in [0.2, 0.25) is 0 Å². The van der Waals surface area contributed by atoms with Crippen molar-refractivity contribution < 1.29 is 13.5 Å². The summed E-state index contributed by atoms with van der Waals surface area (Å²) < 4.78 is 30.4. The second kappa shape index (κ2) is 3.53. The third-order valence-corrected chi connectivity index (χ3v) is 2.51. The number of aromatic nitrogens is 1. The Bertz CT molecular complexity index is 491. The van der Waals surface area contributed by atoms with Crippen LogP contribution in [0, 0.1) is 6.92 Å². The van der Waals surface area contributed by atoms with Gasteiger partial charge in [-0.2, -0.15) is 0 Å². The van der Waals surface area contributed by atoms with Gasteiger partial charge in [0, 0.05) is 10.9 Å². The minimum atomic E-state index is -2.48. The van der Waals surface area contributed by atoms with E-state index in [0.717, 1.165) is 5.39 Å². The Balaban J connectivity index is 2.77. The predicted octanol–water partition coefficient (Wildman–Crippen LogP) is 3.42. The van der Waals surface area contributed by atoms with Crippen molar-refractivity contribution in [2.75, 3.05) is 7.11 Å². The lowest BCUT2D eigenvalue weighted by atomic mass is 10.1. The Morgan fingerprint density at radius 3 is 2.67 bits per heavy atom. The molecule has 80 valence electrons. The van der Waals surface area contributed by atoms with Crippen molar-refractivity contribution >= 4 is 10.9 Å². The normalized spacial score (nSPS) is 11.3. The first-order valence-electron chi connectivity index (χ1n) is 4.58. The second-order valence-electron chi connectivity index (χ2n) is 3.35. The molecular weight excluding hydrogens is 200 g/mol. The van der Waals surface area contributed by atoms with E-state index >= 15 is 0 Å². The lowest BCUT2D eigenvalue weighted by Crippen LogP contribution is -1.87. The molecule has 0 amide bonds. The quantitative estimate of drug-likeness (QED) is 0.808. The molecule has 1 aromatic carbocycles. The average Bonchev–Trinajstić information content (AvgIpc) is 2.56. The zero-order chi connectivity index (χ0) is 11.0. The lowest BCUT2D eigenvalue weighted by molar-refractivity contribution is 0.146. The molecule has 2 nitrogen and oxygen atoms in total. The molecule has 2 rings (SSSR count). The maximum Gasteiger partial charge on any atom is 0.278 e. The monoisotopic (exact) mass is 211 g/mol. The van der Waals surface area contributed by atoms with E-state index in [2.05, 4.69) is 4.98 Å². The highest BCUT2D eigenvalue weighted by Gasteiger charge is 2.17. The standard InChI is InChI=1S/C11H11F2NO/c1-6-9-7(14-10(6)11(12)13)4-3-5-8(9)15-2/h3-5,11,14H,1-2H3. The van der Waals surface area contributed by atoms with Crippen LogP contribution >= 0.6 is 0 Å². The summed E-state index contributed by atoms with van der Waals surface area (Å²) in [6.07, 6.45) is -2.48. The average molecular weight is 211 g/mol. The highest BCUT2D eigenvalue weighted by molar-refractivity contribution is 5.90. The SMILES string of the molecule is COc1cccc2[nH]c(C(F)F)c(C)c12. The van der Waals surface area contributed by atoms with Gasteiger partial charge in [0.1, 0.15) is 5.75 Å². The van der Waals surface area contributed by atoms with E-state index in [-0.39, 0.29) is 5.69 Å². The number of aromatic amines is 1. The molecule has 15 heavy (non-hydrogen) atoms. The third-order valence-electron chi connectivity index (χ3n) is 2.51. The number of ether oxygens (including phenoxy) is 1. The number of fused-ring (bicyclic) bond motifs is 1. The van der Waals surface area contributed by atoms with E-state index < -0.39 is 6.43 Å². The van der Waals surface area contributed by atoms with Gasteiger partial charge in [-0.25, -0.2) is 8.78 Å². The summed E-state index contributed by atoms with van der Waals surface area (Å²) in [5.74, 6) is 0.619. The number of hydrogen-bond acceptors (Lipinski definition) is 1. The van der Waals surface area contributed by atoms with E-state index in [1.807, 2.05) is 0 Å². The fourth-order valence-electron chi connectivity index (χ4n) is 1.78. The van der Waals surface area contributed by atoms with E-state index in [4.69, 9.17) is 4.74 Å². The number of alkyl halides is 2. The zero-order valence-electron chi connectivity index (χ0n) is 8.47. The summed E-state index contributed by atoms with van der Waals surface area (Å²) in [4.78, 5) is 2.71. The minimum absolute atomic E-state index is 0.0329. The van der Waals surface area contributed by atoms with E-state index in [1.165, 1.54) is 7.11 Å². The maximum atomic E-state index is 12.6. The number of aryl methyl sites for hydroxylation is 1. The Hall–Kier alpha value is -1.58. The van der Waals surface area contributed by atoms with Gasteiger partial charge in [-0.15, -0.1) is 0 Å². The Morgan fingerprint density at radius 1 is 1.33 bits per heavy atom. The van der Waals surface area contributed by atoms with Crippen LogP contribution in [0.1, 0.15) is 17.7 Å². The van der Waals surface area contributed by atoms with E-state index in [0.29, 0.717) is 16.8 Å². The molecule has 0 radical (unpaired) electrons. The molecule has 0 spiro atoms. The van der Waals surface area contributed by atoms with Crippen molar-refractivity contribution in [2.24, 2.45) is 0 Å². The number of rotatable bonds is 2. The van der Waals surface area contributed by atoms with Crippen molar-refractivity contribution in [3.63, 3.8) is 0 Å². The summed E-state index contributed by atoms with van der Waals surface area (Å²) >= 11 is 0. The number of methoxy groups -OCH3 is 1. The fourth-order valence-corrected chi connectivity index (χ4v) is 1.78. The van der Waals surface area contributed by atoms with Gasteiger partial charge in [0.25, 0.3) is 6.43 Å². The summed E-state index contributed by atoms with van der Waals surface area (Å²) in [6.45, 7) is 1.67. The number of hydrogen-bond donors (Lipinski definition) is 1. The summed E-state index contributed by atoms with van der Waals surface area (Å²) in [5, 5.41) is 0.732. The minimum Gasteiger partial charge on any atom is -0.496 e. The molecule has 0 bridgehead atoms. The first kappa shape index (κ1) is 9.96. The second-order valence-corrected chi connectivity index (χ2v) is 3.35. The van der Waals surface area contributed by atoms with Gasteiger partial charge in [0.15, 0.2) is 0 Å². The van der Waals surface area contributed by atoms with E-state index in [9.17, 15) is 8.78 Å². The molecular formula is C11H11F2NO. The van der Waals surface area contributed by atoms with Gasteiger partial charge in [0.05, 0.1) is 12.8 Å². The van der Waals surface area contributed by atoms with Gasteiger partial charge < -0.3 is 9.72 Å². The van der Waals surface area contributed by atoms with Gasteiger partial charge in [-0.3, -0.25) is 0 Å². The molecule has 0 saturated heterocycles. The van der Waals surface area contributed by atoms with Crippen LogP contribution in [0.5, 0.6) is 5.75 Å². The molecule has 0 unspecified atom stereocenters. The Morgan fingerprint density at radius 2 is 2.07 bits per heavy atom. The fraction of sp³-hybridized carbons (Fsp3) is 0.273. The third kappa shape index (κ3) is 1.46. The summed E-state index contributed by atoms with van der Waals surface area (Å²) in [5.41, 5.74) is 1.20. The molecule has 0 aliphatic heterocycles. The first-order valence-corrected chi connectivity index (χ1v) is 4.58. The predicted molar refractivity (Wildman–Crippen MR) is 54.5 cm³/mol. The zero-order valence-corrected chi connectivity index (χ0v) is 8.47. The van der Waals surface area contributed by atoms with Crippen LogP contribution in [-0.4, -0.2) is 12.1 Å².